The van der Waals surface area contributed by atoms with Gasteiger partial charge in [0.25, 0.3) is 0 Å². The van der Waals surface area contributed by atoms with Gasteiger partial charge in [0.2, 0.25) is 0 Å². The molecule has 0 heterocycles. The van der Waals surface area contributed by atoms with Gasteiger partial charge in [-0.2, -0.15) is 13.2 Å². The Morgan fingerprint density at radius 3 is 2.18 bits per heavy atom. The highest BCUT2D eigenvalue weighted by Gasteiger charge is 2.25. The third-order valence-electron chi connectivity index (χ3n) is 0.708. The molecule has 0 spiro atoms. The van der Waals surface area contributed by atoms with Crippen LogP contribution in [0.1, 0.15) is 6.42 Å². The van der Waals surface area contributed by atoms with Gasteiger partial charge in [-0.25, -0.2) is 4.39 Å². The van der Waals surface area contributed by atoms with E-state index in [0.29, 0.717) is 0 Å². The summed E-state index contributed by atoms with van der Waals surface area (Å²) in [4.78, 5) is 9.49. The van der Waals surface area contributed by atoms with Crippen LogP contribution in [0, 0.1) is 0 Å². The van der Waals surface area contributed by atoms with Crippen LogP contribution < -0.4 is 5.11 Å². The van der Waals surface area contributed by atoms with Crippen molar-refractivity contribution >= 4 is 5.97 Å². The van der Waals surface area contributed by atoms with Crippen LogP contribution in [0.3, 0.4) is 0 Å². The van der Waals surface area contributed by atoms with E-state index in [2.05, 4.69) is 0 Å². The Labute approximate surface area is 59.1 Å². The second-order valence-corrected chi connectivity index (χ2v) is 1.66. The molecule has 0 atom stereocenters. The fourth-order valence-electron chi connectivity index (χ4n) is 0.289. The number of carboxylic acids is 1. The molecule has 0 fully saturated rings. The number of halogens is 4. The Kier molecular flexibility index (Phi) is 3.03. The number of carboxylic acid groups (broad SMARTS) is 1. The van der Waals surface area contributed by atoms with E-state index in [4.69, 9.17) is 0 Å². The minimum Gasteiger partial charge on any atom is -0.542 e. The Balaban J connectivity index is 4.04. The predicted octanol–water partition coefficient (Wildman–Crippen LogP) is 0.542. The normalized spacial score (nSPS) is 13.3. The Morgan fingerprint density at radius 1 is 1.45 bits per heavy atom. The molecule has 0 bridgehead atoms. The highest BCUT2D eigenvalue weighted by atomic mass is 19.4. The highest BCUT2D eigenvalue weighted by Crippen LogP contribution is 2.20. The molecule has 11 heavy (non-hydrogen) atoms. The number of rotatable bonds is 2. The number of carbonyl (C=O) groups excluding carboxylic acids is 1. The molecule has 0 radical (unpaired) electrons. The van der Waals surface area contributed by atoms with Gasteiger partial charge in [0.15, 0.2) is 0 Å². The molecule has 0 unspecified atom stereocenters. The summed E-state index contributed by atoms with van der Waals surface area (Å²) in [5.74, 6) is -4.14. The molecular weight excluding hydrogens is 168 g/mol. The van der Waals surface area contributed by atoms with E-state index in [-0.39, 0.29) is 6.08 Å². The fourth-order valence-corrected chi connectivity index (χ4v) is 0.289. The Hall–Kier alpha value is -1.07. The molecule has 0 aliphatic heterocycles. The van der Waals surface area contributed by atoms with Crippen LogP contribution in [0.15, 0.2) is 11.9 Å². The number of carbonyl (C=O) groups is 1. The van der Waals surface area contributed by atoms with Crippen LogP contribution in [-0.4, -0.2) is 12.1 Å². The van der Waals surface area contributed by atoms with Crippen molar-refractivity contribution in [2.45, 2.75) is 12.6 Å². The summed E-state index contributed by atoms with van der Waals surface area (Å²) in [5, 5.41) is 9.49. The number of allylic oxidation sites excluding steroid dienone is 1. The van der Waals surface area contributed by atoms with Crippen molar-refractivity contribution in [1.29, 1.82) is 0 Å². The van der Waals surface area contributed by atoms with Gasteiger partial charge in [-0.15, -0.1) is 0 Å². The Morgan fingerprint density at radius 2 is 1.91 bits per heavy atom. The fraction of sp³-hybridized carbons (Fsp3) is 0.400. The average Bonchev–Trinajstić information content (AvgIpc) is 1.80. The lowest BCUT2D eigenvalue weighted by Gasteiger charge is -2.01. The van der Waals surface area contributed by atoms with Gasteiger partial charge in [-0.3, -0.25) is 0 Å². The maximum Gasteiger partial charge on any atom is 0.392 e. The topological polar surface area (TPSA) is 40.1 Å². The van der Waals surface area contributed by atoms with Crippen molar-refractivity contribution in [1.82, 2.24) is 0 Å². The zero-order valence-electron chi connectivity index (χ0n) is 5.11. The predicted molar refractivity (Wildman–Crippen MR) is 24.9 cm³/mol. The van der Waals surface area contributed by atoms with E-state index in [0.717, 1.165) is 0 Å². The van der Waals surface area contributed by atoms with Crippen molar-refractivity contribution in [3.05, 3.63) is 11.9 Å². The monoisotopic (exact) mass is 171 g/mol. The molecule has 0 aromatic carbocycles. The second kappa shape index (κ2) is 3.36. The molecular formula is C5H3F4O2-. The molecule has 0 saturated carbocycles. The van der Waals surface area contributed by atoms with E-state index >= 15 is 0 Å². The quantitative estimate of drug-likeness (QED) is 0.449. The Bertz CT molecular complexity index is 181. The molecule has 64 valence electrons. The van der Waals surface area contributed by atoms with Crippen molar-refractivity contribution in [2.24, 2.45) is 0 Å². The third-order valence-corrected chi connectivity index (χ3v) is 0.708. The molecule has 0 N–H and O–H groups in total. The second-order valence-electron chi connectivity index (χ2n) is 1.66. The van der Waals surface area contributed by atoms with Crippen LogP contribution in [0.25, 0.3) is 0 Å². The van der Waals surface area contributed by atoms with E-state index < -0.39 is 24.4 Å². The summed E-state index contributed by atoms with van der Waals surface area (Å²) >= 11 is 0. The van der Waals surface area contributed by atoms with E-state index in [1.54, 1.807) is 0 Å². The standard InChI is InChI=1S/C5H4F4O2/c6-3(4(10)11)1-2-5(7,8)9/h1H,2H2,(H,10,11)/p-1/b3-1-. The number of hydrogen-bond acceptors (Lipinski definition) is 2. The average molecular weight is 171 g/mol. The molecule has 0 rings (SSSR count). The van der Waals surface area contributed by atoms with Crippen molar-refractivity contribution in [3.8, 4) is 0 Å². The minimum absolute atomic E-state index is 0.0880. The van der Waals surface area contributed by atoms with Crippen LogP contribution in [0.4, 0.5) is 17.6 Å². The van der Waals surface area contributed by atoms with E-state index in [9.17, 15) is 27.5 Å². The maximum absolute atomic E-state index is 11.8. The molecule has 6 heteroatoms. The van der Waals surface area contributed by atoms with Crippen LogP contribution in [0.5, 0.6) is 0 Å². The zero-order valence-corrected chi connectivity index (χ0v) is 5.11. The lowest BCUT2D eigenvalue weighted by Crippen LogP contribution is -2.22. The first kappa shape index (κ1) is 9.93. The van der Waals surface area contributed by atoms with Gasteiger partial charge in [0.1, 0.15) is 5.83 Å². The molecule has 0 aromatic heterocycles. The van der Waals surface area contributed by atoms with Crippen molar-refractivity contribution in [2.75, 3.05) is 0 Å². The van der Waals surface area contributed by atoms with Gasteiger partial charge < -0.3 is 9.90 Å². The number of alkyl halides is 3. The van der Waals surface area contributed by atoms with Gasteiger partial charge in [-0.1, -0.05) is 0 Å². The molecule has 0 aliphatic carbocycles. The smallest absolute Gasteiger partial charge is 0.392 e. The SMILES string of the molecule is O=C([O-])/C(F)=C/CC(F)(F)F. The van der Waals surface area contributed by atoms with Gasteiger partial charge in [-0.05, 0) is 6.08 Å². The highest BCUT2D eigenvalue weighted by molar-refractivity contribution is 5.81. The van der Waals surface area contributed by atoms with Crippen molar-refractivity contribution in [3.63, 3.8) is 0 Å². The largest absolute Gasteiger partial charge is 0.542 e. The number of hydrogen-bond donors (Lipinski definition) is 0. The molecule has 0 amide bonds. The van der Waals surface area contributed by atoms with E-state index in [1.807, 2.05) is 0 Å². The molecule has 2 nitrogen and oxygen atoms in total. The minimum atomic E-state index is -4.59. The summed E-state index contributed by atoms with van der Waals surface area (Å²) in [6, 6.07) is 0. The van der Waals surface area contributed by atoms with Crippen molar-refractivity contribution < 1.29 is 27.5 Å². The van der Waals surface area contributed by atoms with Gasteiger partial charge in [0.05, 0.1) is 12.4 Å². The van der Waals surface area contributed by atoms with Crippen LogP contribution >= 0.6 is 0 Å². The lowest BCUT2D eigenvalue weighted by molar-refractivity contribution is -0.301. The summed E-state index contributed by atoms with van der Waals surface area (Å²) in [7, 11) is 0. The first-order valence-electron chi connectivity index (χ1n) is 2.46. The summed E-state index contributed by atoms with van der Waals surface area (Å²) in [6.45, 7) is 0. The van der Waals surface area contributed by atoms with Crippen LogP contribution in [-0.2, 0) is 4.79 Å². The van der Waals surface area contributed by atoms with Gasteiger partial charge >= 0.3 is 6.18 Å². The van der Waals surface area contributed by atoms with Gasteiger partial charge in [0, 0.05) is 0 Å². The van der Waals surface area contributed by atoms with Crippen LogP contribution in [0.2, 0.25) is 0 Å². The summed E-state index contributed by atoms with van der Waals surface area (Å²) in [5.41, 5.74) is 0. The summed E-state index contributed by atoms with van der Waals surface area (Å²) < 4.78 is 45.5. The first-order valence-corrected chi connectivity index (χ1v) is 2.46. The maximum atomic E-state index is 11.8. The van der Waals surface area contributed by atoms with E-state index in [1.165, 1.54) is 0 Å². The third kappa shape index (κ3) is 5.38. The molecule has 0 aliphatic rings. The molecule has 0 saturated heterocycles. The number of aliphatic carboxylic acids is 1. The molecule has 0 aromatic rings. The lowest BCUT2D eigenvalue weighted by atomic mass is 10.3. The zero-order chi connectivity index (χ0) is 9.07. The summed E-state index contributed by atoms with van der Waals surface area (Å²) in [6.07, 6.45) is -6.28. The first-order chi connectivity index (χ1) is 4.83.